The van der Waals surface area contributed by atoms with Gasteiger partial charge in [0.2, 0.25) is 0 Å². The van der Waals surface area contributed by atoms with Crippen LogP contribution in [0.1, 0.15) is 0 Å². The molecule has 0 amide bonds. The van der Waals surface area contributed by atoms with E-state index in [0.29, 0.717) is 0 Å². The van der Waals surface area contributed by atoms with Gasteiger partial charge in [-0.3, -0.25) is 9.97 Å². The lowest BCUT2D eigenvalue weighted by molar-refractivity contribution is 1.33. The average molecular weight is 521 g/mol. The summed E-state index contributed by atoms with van der Waals surface area (Å²) in [5.74, 6) is 0. The Hall–Kier alpha value is -4.38. The number of benzene rings is 4. The minimum atomic E-state index is 1.16. The molecule has 8 rings (SSSR count). The Morgan fingerprint density at radius 3 is 1.37 bits per heavy atom. The molecule has 8 aromatic rings. The van der Waals surface area contributed by atoms with Crippen molar-refractivity contribution in [1.29, 1.82) is 0 Å². The zero-order chi connectivity index (χ0) is 25.1. The summed E-state index contributed by atoms with van der Waals surface area (Å²) >= 11 is 3.72. The van der Waals surface area contributed by atoms with Crippen LogP contribution in [0.5, 0.6) is 0 Å². The van der Waals surface area contributed by atoms with Crippen LogP contribution in [0.25, 0.3) is 73.7 Å². The Balaban J connectivity index is 1.29. The topological polar surface area (TPSA) is 25.8 Å². The predicted molar refractivity (Wildman–Crippen MR) is 164 cm³/mol. The van der Waals surface area contributed by atoms with E-state index in [9.17, 15) is 0 Å². The van der Waals surface area contributed by atoms with Crippen LogP contribution in [0.15, 0.2) is 122 Å². The van der Waals surface area contributed by atoms with Crippen molar-refractivity contribution in [3.05, 3.63) is 122 Å². The highest BCUT2D eigenvalue weighted by Gasteiger charge is 2.14. The molecule has 0 fully saturated rings. The summed E-state index contributed by atoms with van der Waals surface area (Å²) in [5.41, 5.74) is 7.29. The molecule has 0 aliphatic carbocycles. The van der Waals surface area contributed by atoms with Gasteiger partial charge in [0.15, 0.2) is 0 Å². The second-order valence-electron chi connectivity index (χ2n) is 9.47. The second-order valence-corrected chi connectivity index (χ2v) is 11.6. The Morgan fingerprint density at radius 1 is 0.421 bits per heavy atom. The maximum absolute atomic E-state index is 4.34. The lowest BCUT2D eigenvalue weighted by Crippen LogP contribution is -1.80. The van der Waals surface area contributed by atoms with Crippen molar-refractivity contribution in [3.63, 3.8) is 0 Å². The van der Waals surface area contributed by atoms with Crippen LogP contribution in [0.4, 0.5) is 0 Å². The first kappa shape index (κ1) is 21.7. The third-order valence-electron chi connectivity index (χ3n) is 7.27. The van der Waals surface area contributed by atoms with Gasteiger partial charge in [0, 0.05) is 87.4 Å². The summed E-state index contributed by atoms with van der Waals surface area (Å²) in [5, 5.41) is 5.22. The second kappa shape index (κ2) is 8.59. The first-order chi connectivity index (χ1) is 18.8. The molecular weight excluding hydrogens is 501 g/mol. The fourth-order valence-electron chi connectivity index (χ4n) is 5.45. The van der Waals surface area contributed by atoms with E-state index in [1.54, 1.807) is 0 Å². The van der Waals surface area contributed by atoms with Crippen molar-refractivity contribution in [2.24, 2.45) is 0 Å². The smallest absolute Gasteiger partial charge is 0.0434 e. The molecule has 0 aliphatic heterocycles. The molecule has 4 aromatic carbocycles. The van der Waals surface area contributed by atoms with Crippen molar-refractivity contribution >= 4 is 63.0 Å². The number of nitrogens with zero attached hydrogens (tertiary/aromatic N) is 2. The van der Waals surface area contributed by atoms with Crippen LogP contribution >= 0.6 is 22.7 Å². The lowest BCUT2D eigenvalue weighted by Gasteiger charge is -2.05. The van der Waals surface area contributed by atoms with Crippen LogP contribution < -0.4 is 0 Å². The first-order valence-electron chi connectivity index (χ1n) is 12.6. The molecule has 0 unspecified atom stereocenters. The van der Waals surface area contributed by atoms with E-state index < -0.39 is 0 Å². The number of pyridine rings is 2. The highest BCUT2D eigenvalue weighted by molar-refractivity contribution is 7.26. The van der Waals surface area contributed by atoms with Crippen molar-refractivity contribution in [2.45, 2.75) is 0 Å². The molecular formula is C34H20N2S2. The van der Waals surface area contributed by atoms with Crippen LogP contribution in [-0.2, 0) is 0 Å². The standard InChI is InChI=1S/C34H20N2S2/c1-7-25(23-5-3-15-35-19-23)33-27(9-1)29-17-21(11-13-31(29)37-33)22-12-14-32-30(18-22)28-10-2-8-26(34(28)38-32)24-6-4-16-36-20-24/h1-20H. The normalized spacial score (nSPS) is 11.7. The monoisotopic (exact) mass is 520 g/mol. The Labute approximate surface area is 227 Å². The lowest BCUT2D eigenvalue weighted by atomic mass is 9.99. The molecule has 0 N–H and O–H groups in total. The number of aromatic nitrogens is 2. The van der Waals surface area contributed by atoms with Crippen molar-refractivity contribution in [2.75, 3.05) is 0 Å². The minimum Gasteiger partial charge on any atom is -0.264 e. The third-order valence-corrected chi connectivity index (χ3v) is 9.71. The minimum absolute atomic E-state index is 1.16. The van der Waals surface area contributed by atoms with E-state index in [1.165, 1.54) is 62.6 Å². The number of fused-ring (bicyclic) bond motifs is 6. The molecule has 4 heteroatoms. The molecule has 0 bridgehead atoms. The zero-order valence-corrected chi connectivity index (χ0v) is 21.9. The summed E-state index contributed by atoms with van der Waals surface area (Å²) in [6.45, 7) is 0. The Morgan fingerprint density at radius 2 is 0.921 bits per heavy atom. The first-order valence-corrected chi connectivity index (χ1v) is 14.2. The third kappa shape index (κ3) is 3.38. The Kier molecular flexibility index (Phi) is 4.90. The summed E-state index contributed by atoms with van der Waals surface area (Å²) in [4.78, 5) is 8.68. The van der Waals surface area contributed by atoms with Crippen molar-refractivity contribution in [3.8, 4) is 33.4 Å². The van der Waals surface area contributed by atoms with E-state index in [0.717, 1.165) is 11.1 Å². The average Bonchev–Trinajstić information content (AvgIpc) is 3.55. The summed E-state index contributed by atoms with van der Waals surface area (Å²) < 4.78 is 5.25. The molecule has 0 spiro atoms. The zero-order valence-electron chi connectivity index (χ0n) is 20.3. The maximum atomic E-state index is 4.34. The SMILES string of the molecule is c1cncc(-c2cccc3c2sc2ccc(-c4ccc5sc6c(-c7cccnc7)cccc6c5c4)cc23)c1. The molecule has 4 aromatic heterocycles. The molecule has 0 atom stereocenters. The fourth-order valence-corrected chi connectivity index (χ4v) is 7.89. The molecule has 38 heavy (non-hydrogen) atoms. The van der Waals surface area contributed by atoms with E-state index in [4.69, 9.17) is 0 Å². The quantitative estimate of drug-likeness (QED) is 0.232. The van der Waals surface area contributed by atoms with Gasteiger partial charge in [-0.2, -0.15) is 0 Å². The van der Waals surface area contributed by atoms with Gasteiger partial charge in [-0.1, -0.05) is 60.7 Å². The van der Waals surface area contributed by atoms with Gasteiger partial charge in [-0.25, -0.2) is 0 Å². The van der Waals surface area contributed by atoms with Gasteiger partial charge in [-0.15, -0.1) is 22.7 Å². The van der Waals surface area contributed by atoms with E-state index in [-0.39, 0.29) is 0 Å². The van der Waals surface area contributed by atoms with Crippen molar-refractivity contribution in [1.82, 2.24) is 9.97 Å². The van der Waals surface area contributed by atoms with Gasteiger partial charge < -0.3 is 0 Å². The predicted octanol–water partition coefficient (Wildman–Crippen LogP) is 10.2. The summed E-state index contributed by atoms with van der Waals surface area (Å²) in [6, 6.07) is 35.3. The van der Waals surface area contributed by atoms with Crippen LogP contribution in [0, 0.1) is 0 Å². The van der Waals surface area contributed by atoms with Gasteiger partial charge in [-0.05, 0) is 47.5 Å². The maximum Gasteiger partial charge on any atom is 0.0434 e. The Bertz CT molecular complexity index is 1970. The van der Waals surface area contributed by atoms with Gasteiger partial charge in [0.25, 0.3) is 0 Å². The molecule has 0 saturated carbocycles. The van der Waals surface area contributed by atoms with Gasteiger partial charge in [0.05, 0.1) is 0 Å². The van der Waals surface area contributed by atoms with E-state index in [1.807, 2.05) is 59.6 Å². The molecule has 0 aliphatic rings. The number of thiophene rings is 2. The van der Waals surface area contributed by atoms with Crippen LogP contribution in [-0.4, -0.2) is 9.97 Å². The highest BCUT2D eigenvalue weighted by atomic mass is 32.1. The highest BCUT2D eigenvalue weighted by Crippen LogP contribution is 2.43. The molecule has 0 saturated heterocycles. The van der Waals surface area contributed by atoms with E-state index >= 15 is 0 Å². The molecule has 2 nitrogen and oxygen atoms in total. The van der Waals surface area contributed by atoms with Crippen LogP contribution in [0.3, 0.4) is 0 Å². The molecule has 4 heterocycles. The number of rotatable bonds is 3. The summed E-state index contributed by atoms with van der Waals surface area (Å²) in [7, 11) is 0. The summed E-state index contributed by atoms with van der Waals surface area (Å²) in [6.07, 6.45) is 7.55. The van der Waals surface area contributed by atoms with Gasteiger partial charge in [0.1, 0.15) is 0 Å². The molecule has 178 valence electrons. The fraction of sp³-hybridized carbons (Fsp3) is 0. The van der Waals surface area contributed by atoms with Crippen LogP contribution in [0.2, 0.25) is 0 Å². The number of hydrogen-bond donors (Lipinski definition) is 0. The molecule has 0 radical (unpaired) electrons. The largest absolute Gasteiger partial charge is 0.264 e. The van der Waals surface area contributed by atoms with E-state index in [2.05, 4.69) is 94.9 Å². The van der Waals surface area contributed by atoms with Crippen molar-refractivity contribution < 1.29 is 0 Å². The number of hydrogen-bond acceptors (Lipinski definition) is 4. The van der Waals surface area contributed by atoms with Gasteiger partial charge >= 0.3 is 0 Å².